The Labute approximate surface area is 181 Å². The first kappa shape index (κ1) is 22.5. The zero-order chi connectivity index (χ0) is 22.6. The van der Waals surface area contributed by atoms with Gasteiger partial charge in [-0.1, -0.05) is 56.3 Å². The van der Waals surface area contributed by atoms with Crippen molar-refractivity contribution in [3.8, 4) is 0 Å². The van der Waals surface area contributed by atoms with E-state index >= 15 is 0 Å². The molecule has 0 aliphatic carbocycles. The van der Waals surface area contributed by atoms with Gasteiger partial charge in [-0.25, -0.2) is 13.1 Å². The fourth-order valence-corrected chi connectivity index (χ4v) is 4.24. The SMILES string of the molecule is CNS(=O)(=O)c1cccc2c(NC(=O)C(NC(=O)c3ccccc3)C(C)C)cccc12. The zero-order valence-corrected chi connectivity index (χ0v) is 18.4. The Morgan fingerprint density at radius 1 is 0.839 bits per heavy atom. The number of sulfonamides is 1. The van der Waals surface area contributed by atoms with Crippen molar-refractivity contribution in [1.29, 1.82) is 0 Å². The van der Waals surface area contributed by atoms with Crippen LogP contribution < -0.4 is 15.4 Å². The van der Waals surface area contributed by atoms with Gasteiger partial charge < -0.3 is 10.6 Å². The number of rotatable bonds is 7. The highest BCUT2D eigenvalue weighted by Crippen LogP contribution is 2.29. The van der Waals surface area contributed by atoms with Gasteiger partial charge in [0.05, 0.1) is 4.90 Å². The predicted octanol–water partition coefficient (Wildman–Crippen LogP) is 3.14. The number of benzene rings is 3. The highest BCUT2D eigenvalue weighted by Gasteiger charge is 2.25. The summed E-state index contributed by atoms with van der Waals surface area (Å²) in [5.74, 6) is -0.883. The van der Waals surface area contributed by atoms with Crippen LogP contribution in [0.3, 0.4) is 0 Å². The van der Waals surface area contributed by atoms with Crippen LogP contribution in [0.5, 0.6) is 0 Å². The molecule has 0 aliphatic rings. The van der Waals surface area contributed by atoms with Crippen LogP contribution in [-0.2, 0) is 14.8 Å². The maximum atomic E-state index is 13.0. The number of carbonyl (C=O) groups excluding carboxylic acids is 2. The number of hydrogen-bond acceptors (Lipinski definition) is 4. The molecule has 0 saturated heterocycles. The van der Waals surface area contributed by atoms with Crippen LogP contribution in [0.2, 0.25) is 0 Å². The van der Waals surface area contributed by atoms with E-state index in [1.54, 1.807) is 54.6 Å². The van der Waals surface area contributed by atoms with Gasteiger partial charge in [0.25, 0.3) is 5.91 Å². The molecule has 0 aliphatic heterocycles. The predicted molar refractivity (Wildman–Crippen MR) is 121 cm³/mol. The molecular weight excluding hydrogens is 414 g/mol. The molecule has 2 amide bonds. The van der Waals surface area contributed by atoms with Crippen LogP contribution in [0.4, 0.5) is 5.69 Å². The Kier molecular flexibility index (Phi) is 6.72. The molecule has 0 fully saturated rings. The first-order valence-electron chi connectivity index (χ1n) is 9.86. The molecule has 162 valence electrons. The molecule has 0 radical (unpaired) electrons. The molecule has 7 nitrogen and oxygen atoms in total. The average Bonchev–Trinajstić information content (AvgIpc) is 2.77. The van der Waals surface area contributed by atoms with E-state index in [1.165, 1.54) is 13.1 Å². The fourth-order valence-electron chi connectivity index (χ4n) is 3.29. The third-order valence-corrected chi connectivity index (χ3v) is 6.44. The molecule has 0 heterocycles. The molecule has 8 heteroatoms. The third kappa shape index (κ3) is 4.92. The van der Waals surface area contributed by atoms with E-state index in [0.717, 1.165) is 0 Å². The van der Waals surface area contributed by atoms with E-state index in [4.69, 9.17) is 0 Å². The minimum absolute atomic E-state index is 0.126. The summed E-state index contributed by atoms with van der Waals surface area (Å²) in [5, 5.41) is 6.72. The van der Waals surface area contributed by atoms with Crippen molar-refractivity contribution >= 4 is 38.3 Å². The second-order valence-corrected chi connectivity index (χ2v) is 9.27. The number of anilines is 1. The van der Waals surface area contributed by atoms with Gasteiger partial charge in [-0.2, -0.15) is 0 Å². The third-order valence-electron chi connectivity index (χ3n) is 4.97. The highest BCUT2D eigenvalue weighted by molar-refractivity contribution is 7.89. The van der Waals surface area contributed by atoms with Gasteiger partial charge in [-0.3, -0.25) is 9.59 Å². The average molecular weight is 440 g/mol. The first-order valence-corrected chi connectivity index (χ1v) is 11.3. The number of fused-ring (bicyclic) bond motifs is 1. The summed E-state index contributed by atoms with van der Waals surface area (Å²) in [4.78, 5) is 25.7. The number of carbonyl (C=O) groups is 2. The van der Waals surface area contributed by atoms with Crippen molar-refractivity contribution in [2.75, 3.05) is 12.4 Å². The minimum Gasteiger partial charge on any atom is -0.340 e. The molecule has 0 bridgehead atoms. The zero-order valence-electron chi connectivity index (χ0n) is 17.5. The van der Waals surface area contributed by atoms with Gasteiger partial charge in [0, 0.05) is 22.0 Å². The quantitative estimate of drug-likeness (QED) is 0.526. The molecule has 3 aromatic rings. The summed E-state index contributed by atoms with van der Waals surface area (Å²) in [6.45, 7) is 3.69. The number of hydrogen-bond donors (Lipinski definition) is 3. The minimum atomic E-state index is -3.67. The lowest BCUT2D eigenvalue weighted by atomic mass is 10.0. The Bertz CT molecular complexity index is 1210. The van der Waals surface area contributed by atoms with Crippen LogP contribution in [0.15, 0.2) is 71.6 Å². The van der Waals surface area contributed by atoms with E-state index in [9.17, 15) is 18.0 Å². The van der Waals surface area contributed by atoms with Crippen LogP contribution in [0, 0.1) is 5.92 Å². The summed E-state index contributed by atoms with van der Waals surface area (Å²) >= 11 is 0. The van der Waals surface area contributed by atoms with Gasteiger partial charge in [0.1, 0.15) is 6.04 Å². The Morgan fingerprint density at radius 3 is 2.13 bits per heavy atom. The van der Waals surface area contributed by atoms with Gasteiger partial charge in [-0.05, 0) is 37.2 Å². The first-order chi connectivity index (χ1) is 14.7. The van der Waals surface area contributed by atoms with Crippen LogP contribution >= 0.6 is 0 Å². The molecule has 3 N–H and O–H groups in total. The largest absolute Gasteiger partial charge is 0.340 e. The number of amides is 2. The lowest BCUT2D eigenvalue weighted by molar-refractivity contribution is -0.118. The van der Waals surface area contributed by atoms with Crippen molar-refractivity contribution in [3.05, 3.63) is 72.3 Å². The molecule has 3 aromatic carbocycles. The summed E-state index contributed by atoms with van der Waals surface area (Å²) < 4.78 is 27.0. The van der Waals surface area contributed by atoms with E-state index in [2.05, 4.69) is 15.4 Å². The van der Waals surface area contributed by atoms with Crippen LogP contribution in [0.25, 0.3) is 10.8 Å². The van der Waals surface area contributed by atoms with Crippen LogP contribution in [-0.4, -0.2) is 33.3 Å². The summed E-state index contributed by atoms with van der Waals surface area (Å²) in [6, 6.07) is 17.9. The molecule has 31 heavy (non-hydrogen) atoms. The Morgan fingerprint density at radius 2 is 1.48 bits per heavy atom. The van der Waals surface area contributed by atoms with Crippen molar-refractivity contribution in [2.24, 2.45) is 5.92 Å². The monoisotopic (exact) mass is 439 g/mol. The van der Waals surface area contributed by atoms with Gasteiger partial charge >= 0.3 is 0 Å². The molecule has 1 atom stereocenters. The molecular formula is C23H25N3O4S. The summed E-state index contributed by atoms with van der Waals surface area (Å²) in [6.07, 6.45) is 0. The van der Waals surface area contributed by atoms with Crippen molar-refractivity contribution in [2.45, 2.75) is 24.8 Å². The fraction of sp³-hybridized carbons (Fsp3) is 0.217. The highest BCUT2D eigenvalue weighted by atomic mass is 32.2. The number of nitrogens with one attached hydrogen (secondary N) is 3. The smallest absolute Gasteiger partial charge is 0.251 e. The summed E-state index contributed by atoms with van der Waals surface area (Å²) in [5.41, 5.74) is 0.934. The lowest BCUT2D eigenvalue weighted by Gasteiger charge is -2.22. The maximum absolute atomic E-state index is 13.0. The normalized spacial score (nSPS) is 12.5. The molecule has 3 rings (SSSR count). The Balaban J connectivity index is 1.91. The Hall–Kier alpha value is -3.23. The van der Waals surface area contributed by atoms with E-state index in [1.807, 2.05) is 19.9 Å². The van der Waals surface area contributed by atoms with Crippen molar-refractivity contribution < 1.29 is 18.0 Å². The second-order valence-electron chi connectivity index (χ2n) is 7.41. The van der Waals surface area contributed by atoms with Gasteiger partial charge in [-0.15, -0.1) is 0 Å². The molecule has 0 saturated carbocycles. The maximum Gasteiger partial charge on any atom is 0.251 e. The van der Waals surface area contributed by atoms with E-state index in [-0.39, 0.29) is 22.6 Å². The topological polar surface area (TPSA) is 104 Å². The van der Waals surface area contributed by atoms with Crippen molar-refractivity contribution in [1.82, 2.24) is 10.0 Å². The van der Waals surface area contributed by atoms with E-state index in [0.29, 0.717) is 22.0 Å². The lowest BCUT2D eigenvalue weighted by Crippen LogP contribution is -2.47. The molecule has 1 unspecified atom stereocenters. The van der Waals surface area contributed by atoms with Crippen molar-refractivity contribution in [3.63, 3.8) is 0 Å². The standard InChI is InChI=1S/C23H25N3O4S/c1-15(2)21(26-22(27)16-9-5-4-6-10-16)23(28)25-19-13-7-12-18-17(19)11-8-14-20(18)31(29,30)24-3/h4-15,21,24H,1-3H3,(H,25,28)(H,26,27). The summed E-state index contributed by atoms with van der Waals surface area (Å²) in [7, 11) is -2.32. The van der Waals surface area contributed by atoms with Gasteiger partial charge in [0.15, 0.2) is 0 Å². The van der Waals surface area contributed by atoms with Crippen LogP contribution in [0.1, 0.15) is 24.2 Å². The van der Waals surface area contributed by atoms with Gasteiger partial charge in [0.2, 0.25) is 15.9 Å². The second kappa shape index (κ2) is 9.28. The van der Waals surface area contributed by atoms with E-state index < -0.39 is 16.1 Å². The molecule has 0 aromatic heterocycles. The molecule has 0 spiro atoms.